The van der Waals surface area contributed by atoms with Gasteiger partial charge in [0.05, 0.1) is 5.56 Å². The van der Waals surface area contributed by atoms with Gasteiger partial charge in [0.15, 0.2) is 0 Å². The Morgan fingerprint density at radius 2 is 1.75 bits per heavy atom. The van der Waals surface area contributed by atoms with Gasteiger partial charge in [0, 0.05) is 17.8 Å². The molecule has 0 spiro atoms. The lowest BCUT2D eigenvalue weighted by Crippen LogP contribution is -2.13. The molecule has 4 heteroatoms. The standard InChI is InChI=1S/C16H15NO3/c18-12-13-6-8-15(9-7-13)17-10-11-20-16(19)14-4-2-1-3-5-14/h1-9,12,17H,10-11H2. The van der Waals surface area contributed by atoms with Gasteiger partial charge < -0.3 is 10.1 Å². The van der Waals surface area contributed by atoms with Crippen LogP contribution in [0.15, 0.2) is 54.6 Å². The van der Waals surface area contributed by atoms with Crippen molar-refractivity contribution in [2.75, 3.05) is 18.5 Å². The molecule has 0 atom stereocenters. The Hall–Kier alpha value is -2.62. The molecular formula is C16H15NO3. The second kappa shape index (κ2) is 7.09. The number of carbonyl (C=O) groups is 2. The summed E-state index contributed by atoms with van der Waals surface area (Å²) in [6.45, 7) is 0.794. The highest BCUT2D eigenvalue weighted by molar-refractivity contribution is 5.89. The average molecular weight is 269 g/mol. The van der Waals surface area contributed by atoms with E-state index in [2.05, 4.69) is 5.32 Å². The Labute approximate surface area is 117 Å². The van der Waals surface area contributed by atoms with Gasteiger partial charge in [-0.1, -0.05) is 18.2 Å². The molecule has 0 heterocycles. The first-order valence-corrected chi connectivity index (χ1v) is 6.31. The van der Waals surface area contributed by atoms with Crippen LogP contribution in [0.1, 0.15) is 20.7 Å². The minimum absolute atomic E-state index is 0.281. The number of nitrogens with one attached hydrogen (secondary N) is 1. The number of hydrogen-bond acceptors (Lipinski definition) is 4. The maximum absolute atomic E-state index is 11.7. The highest BCUT2D eigenvalue weighted by Gasteiger charge is 2.04. The smallest absolute Gasteiger partial charge is 0.338 e. The molecular weight excluding hydrogens is 254 g/mol. The summed E-state index contributed by atoms with van der Waals surface area (Å²) in [4.78, 5) is 22.2. The van der Waals surface area contributed by atoms with Crippen LogP contribution in [-0.4, -0.2) is 25.4 Å². The number of hydrogen-bond donors (Lipinski definition) is 1. The number of carbonyl (C=O) groups excluding carboxylic acids is 2. The van der Waals surface area contributed by atoms with Crippen molar-refractivity contribution in [2.45, 2.75) is 0 Å². The van der Waals surface area contributed by atoms with Crippen molar-refractivity contribution in [3.05, 3.63) is 65.7 Å². The summed E-state index contributed by atoms with van der Waals surface area (Å²) >= 11 is 0. The van der Waals surface area contributed by atoms with Gasteiger partial charge in [-0.05, 0) is 36.4 Å². The van der Waals surface area contributed by atoms with E-state index < -0.39 is 0 Å². The second-order valence-corrected chi connectivity index (χ2v) is 4.17. The molecule has 0 aliphatic rings. The van der Waals surface area contributed by atoms with Gasteiger partial charge in [-0.15, -0.1) is 0 Å². The molecule has 0 aliphatic carbocycles. The molecule has 0 bridgehead atoms. The predicted octanol–water partition coefficient (Wildman–Crippen LogP) is 2.77. The van der Waals surface area contributed by atoms with Crippen molar-refractivity contribution in [1.29, 1.82) is 0 Å². The highest BCUT2D eigenvalue weighted by Crippen LogP contribution is 2.07. The second-order valence-electron chi connectivity index (χ2n) is 4.17. The van der Waals surface area contributed by atoms with E-state index in [0.717, 1.165) is 12.0 Å². The molecule has 102 valence electrons. The van der Waals surface area contributed by atoms with E-state index in [1.165, 1.54) is 0 Å². The van der Waals surface area contributed by atoms with Gasteiger partial charge in [-0.25, -0.2) is 4.79 Å². The van der Waals surface area contributed by atoms with E-state index in [0.29, 0.717) is 17.7 Å². The maximum Gasteiger partial charge on any atom is 0.338 e. The fourth-order valence-corrected chi connectivity index (χ4v) is 1.68. The molecule has 0 aromatic heterocycles. The molecule has 20 heavy (non-hydrogen) atoms. The van der Waals surface area contributed by atoms with Crippen LogP contribution in [0.3, 0.4) is 0 Å². The van der Waals surface area contributed by atoms with E-state index in [4.69, 9.17) is 4.74 Å². The number of rotatable bonds is 6. The first-order valence-electron chi connectivity index (χ1n) is 6.31. The van der Waals surface area contributed by atoms with Crippen molar-refractivity contribution in [3.63, 3.8) is 0 Å². The topological polar surface area (TPSA) is 55.4 Å². The number of benzene rings is 2. The molecule has 2 rings (SSSR count). The Bertz CT molecular complexity index is 564. The zero-order valence-corrected chi connectivity index (χ0v) is 10.9. The van der Waals surface area contributed by atoms with Crippen LogP contribution in [0.4, 0.5) is 5.69 Å². The minimum Gasteiger partial charge on any atom is -0.460 e. The molecule has 0 amide bonds. The lowest BCUT2D eigenvalue weighted by molar-refractivity contribution is 0.0520. The van der Waals surface area contributed by atoms with E-state index >= 15 is 0 Å². The Balaban J connectivity index is 1.73. The third-order valence-corrected chi connectivity index (χ3v) is 2.72. The average Bonchev–Trinajstić information content (AvgIpc) is 2.53. The molecule has 0 saturated heterocycles. The highest BCUT2D eigenvalue weighted by atomic mass is 16.5. The van der Waals surface area contributed by atoms with Crippen LogP contribution in [0, 0.1) is 0 Å². The quantitative estimate of drug-likeness (QED) is 0.497. The SMILES string of the molecule is O=Cc1ccc(NCCOC(=O)c2ccccc2)cc1. The first kappa shape index (κ1) is 13.8. The lowest BCUT2D eigenvalue weighted by atomic mass is 10.2. The van der Waals surface area contributed by atoms with Crippen molar-refractivity contribution < 1.29 is 14.3 Å². The van der Waals surface area contributed by atoms with Crippen molar-refractivity contribution in [3.8, 4) is 0 Å². The van der Waals surface area contributed by atoms with Crippen LogP contribution in [0.2, 0.25) is 0 Å². The van der Waals surface area contributed by atoms with Gasteiger partial charge in [0.25, 0.3) is 0 Å². The zero-order chi connectivity index (χ0) is 14.2. The Morgan fingerprint density at radius 3 is 2.40 bits per heavy atom. The molecule has 2 aromatic rings. The summed E-state index contributed by atoms with van der Waals surface area (Å²) in [5.74, 6) is -0.330. The minimum atomic E-state index is -0.330. The fourth-order valence-electron chi connectivity index (χ4n) is 1.68. The van der Waals surface area contributed by atoms with Gasteiger partial charge in [0.1, 0.15) is 12.9 Å². The molecule has 0 saturated carbocycles. The molecule has 0 aliphatic heterocycles. The van der Waals surface area contributed by atoms with Crippen LogP contribution in [0.5, 0.6) is 0 Å². The summed E-state index contributed by atoms with van der Waals surface area (Å²) in [5.41, 5.74) is 2.06. The maximum atomic E-state index is 11.7. The van der Waals surface area contributed by atoms with Gasteiger partial charge >= 0.3 is 5.97 Å². The molecule has 4 nitrogen and oxygen atoms in total. The number of ether oxygens (including phenoxy) is 1. The van der Waals surface area contributed by atoms with E-state index in [1.54, 1.807) is 36.4 Å². The van der Waals surface area contributed by atoms with Crippen LogP contribution in [0.25, 0.3) is 0 Å². The largest absolute Gasteiger partial charge is 0.460 e. The predicted molar refractivity (Wildman–Crippen MR) is 77.0 cm³/mol. The normalized spacial score (nSPS) is 9.80. The van der Waals surface area contributed by atoms with Gasteiger partial charge in [0.2, 0.25) is 0 Å². The van der Waals surface area contributed by atoms with Gasteiger partial charge in [-0.3, -0.25) is 4.79 Å². The van der Waals surface area contributed by atoms with Crippen LogP contribution >= 0.6 is 0 Å². The Morgan fingerprint density at radius 1 is 1.05 bits per heavy atom. The van der Waals surface area contributed by atoms with E-state index in [-0.39, 0.29) is 12.6 Å². The van der Waals surface area contributed by atoms with Crippen LogP contribution < -0.4 is 5.32 Å². The molecule has 0 fully saturated rings. The molecule has 0 unspecified atom stereocenters. The summed E-state index contributed by atoms with van der Waals surface area (Å²) < 4.78 is 5.14. The van der Waals surface area contributed by atoms with Gasteiger partial charge in [-0.2, -0.15) is 0 Å². The zero-order valence-electron chi connectivity index (χ0n) is 10.9. The summed E-state index contributed by atoms with van der Waals surface area (Å²) in [6.07, 6.45) is 0.797. The summed E-state index contributed by atoms with van der Waals surface area (Å²) in [7, 11) is 0. The first-order chi connectivity index (χ1) is 9.79. The third kappa shape index (κ3) is 3.95. The number of anilines is 1. The van der Waals surface area contributed by atoms with E-state index in [1.807, 2.05) is 18.2 Å². The van der Waals surface area contributed by atoms with E-state index in [9.17, 15) is 9.59 Å². The summed E-state index contributed by atoms with van der Waals surface area (Å²) in [6, 6.07) is 15.9. The van der Waals surface area contributed by atoms with Crippen molar-refractivity contribution >= 4 is 17.9 Å². The Kier molecular flexibility index (Phi) is 4.89. The molecule has 0 radical (unpaired) electrons. The third-order valence-electron chi connectivity index (χ3n) is 2.72. The monoisotopic (exact) mass is 269 g/mol. The molecule has 1 N–H and O–H groups in total. The lowest BCUT2D eigenvalue weighted by Gasteiger charge is -2.07. The van der Waals surface area contributed by atoms with Crippen molar-refractivity contribution in [1.82, 2.24) is 0 Å². The van der Waals surface area contributed by atoms with Crippen LogP contribution in [-0.2, 0) is 4.74 Å². The fraction of sp³-hybridized carbons (Fsp3) is 0.125. The number of aldehydes is 1. The molecule has 2 aromatic carbocycles. The summed E-state index contributed by atoms with van der Waals surface area (Å²) in [5, 5.41) is 3.11. The van der Waals surface area contributed by atoms with Crippen molar-refractivity contribution in [2.24, 2.45) is 0 Å². The number of esters is 1.